The van der Waals surface area contributed by atoms with Crippen LogP contribution < -0.4 is 9.50 Å². The van der Waals surface area contributed by atoms with Crippen LogP contribution in [0.2, 0.25) is 0 Å². The predicted octanol–water partition coefficient (Wildman–Crippen LogP) is 1.69. The van der Waals surface area contributed by atoms with E-state index in [4.69, 9.17) is 0 Å². The van der Waals surface area contributed by atoms with Gasteiger partial charge in [-0.15, -0.1) is 0 Å². The van der Waals surface area contributed by atoms with Gasteiger partial charge in [-0.05, 0) is 25.0 Å². The zero-order chi connectivity index (χ0) is 21.4. The molecule has 0 aromatic carbocycles. The number of nitrogens with zero attached hydrogens (tertiary/aromatic N) is 3. The summed E-state index contributed by atoms with van der Waals surface area (Å²) in [6.07, 6.45) is 4.60. The fourth-order valence-electron chi connectivity index (χ4n) is 2.88. The zero-order valence-electron chi connectivity index (χ0n) is 15.0. The van der Waals surface area contributed by atoms with Crippen LogP contribution in [0.4, 0.5) is 19.0 Å². The highest BCUT2D eigenvalue weighted by Gasteiger charge is 2.49. The third-order valence-electron chi connectivity index (χ3n) is 4.36. The average Bonchev–Trinajstić information content (AvgIpc) is 2.61. The maximum atomic E-state index is 12.6. The molecule has 1 N–H and O–H groups in total. The molecular weight excluding hydrogens is 437 g/mol. The van der Waals surface area contributed by atoms with E-state index in [9.17, 15) is 30.0 Å². The Morgan fingerprint density at radius 1 is 1.17 bits per heavy atom. The number of piperidine rings is 1. The lowest BCUT2D eigenvalue weighted by Gasteiger charge is -2.30. The average molecular weight is 454 g/mol. The van der Waals surface area contributed by atoms with Crippen molar-refractivity contribution < 1.29 is 34.2 Å². The lowest BCUT2D eigenvalue weighted by Crippen LogP contribution is -2.41. The van der Waals surface area contributed by atoms with Crippen LogP contribution >= 0.6 is 0 Å². The summed E-state index contributed by atoms with van der Waals surface area (Å²) in [6.45, 7) is 0.646. The Morgan fingerprint density at radius 3 is 2.41 bits per heavy atom. The van der Waals surface area contributed by atoms with Crippen molar-refractivity contribution in [1.82, 2.24) is 14.3 Å². The van der Waals surface area contributed by atoms with Crippen LogP contribution in [0.3, 0.4) is 0 Å². The summed E-state index contributed by atoms with van der Waals surface area (Å²) in [5.41, 5.74) is -5.58. The minimum Gasteiger partial charge on any atom is -0.367 e. The smallest absolute Gasteiger partial charge is 0.367 e. The van der Waals surface area contributed by atoms with Gasteiger partial charge in [0, 0.05) is 36.9 Å². The van der Waals surface area contributed by atoms with Gasteiger partial charge in [0.2, 0.25) is 15.9 Å². The Kier molecular flexibility index (Phi) is 5.62. The molecule has 1 aliphatic rings. The van der Waals surface area contributed by atoms with Gasteiger partial charge in [-0.1, -0.05) is 0 Å². The highest BCUT2D eigenvalue weighted by atomic mass is 32.2. The van der Waals surface area contributed by atoms with Crippen LogP contribution in [-0.4, -0.2) is 62.0 Å². The molecule has 160 valence electrons. The summed E-state index contributed by atoms with van der Waals surface area (Å²) in [7, 11) is -9.14. The third kappa shape index (κ3) is 4.87. The fourth-order valence-corrected chi connectivity index (χ4v) is 4.19. The van der Waals surface area contributed by atoms with E-state index in [-0.39, 0.29) is 17.2 Å². The number of anilines is 1. The van der Waals surface area contributed by atoms with E-state index in [1.54, 1.807) is 0 Å². The van der Waals surface area contributed by atoms with Gasteiger partial charge < -0.3 is 9.50 Å². The van der Waals surface area contributed by atoms with Crippen molar-refractivity contribution in [2.45, 2.75) is 24.4 Å². The van der Waals surface area contributed by atoms with Crippen molar-refractivity contribution in [1.29, 1.82) is 0 Å². The van der Waals surface area contributed by atoms with Gasteiger partial charge in [0.25, 0.3) is 0 Å². The van der Waals surface area contributed by atoms with Gasteiger partial charge in [0.15, 0.2) is 0 Å². The first-order valence-corrected chi connectivity index (χ1v) is 11.6. The van der Waals surface area contributed by atoms with Crippen LogP contribution in [-0.2, 0) is 20.1 Å². The molecule has 0 aliphatic carbocycles. The summed E-state index contributed by atoms with van der Waals surface area (Å²) in [6, 6.07) is 2.67. The molecule has 2 aromatic heterocycles. The second-order valence-electron chi connectivity index (χ2n) is 6.47. The Labute approximate surface area is 165 Å². The Morgan fingerprint density at radius 2 is 1.83 bits per heavy atom. The molecule has 14 heteroatoms. The molecule has 1 aliphatic heterocycles. The summed E-state index contributed by atoms with van der Waals surface area (Å²) < 4.78 is 89.1. The van der Waals surface area contributed by atoms with Gasteiger partial charge in [0.05, 0.1) is 11.6 Å². The predicted molar refractivity (Wildman–Crippen MR) is 98.2 cm³/mol. The van der Waals surface area contributed by atoms with Gasteiger partial charge in [0.1, 0.15) is 5.82 Å². The molecule has 0 unspecified atom stereocenters. The van der Waals surface area contributed by atoms with E-state index in [1.807, 2.05) is 0 Å². The Bertz CT molecular complexity index is 1110. The lowest BCUT2D eigenvalue weighted by atomic mass is 10.1. The number of pyridine rings is 2. The quantitative estimate of drug-likeness (QED) is 0.536. The largest absolute Gasteiger partial charge is 0.534 e. The molecule has 0 atom stereocenters. The van der Waals surface area contributed by atoms with Crippen molar-refractivity contribution in [3.8, 4) is 5.88 Å². The summed E-state index contributed by atoms with van der Waals surface area (Å²) in [5.74, 6) is -0.435. The molecular formula is C15H17F3N4O5S2. The molecule has 0 saturated carbocycles. The number of hydrogen-bond acceptors (Lipinski definition) is 8. The highest BCUT2D eigenvalue weighted by Crippen LogP contribution is 2.31. The highest BCUT2D eigenvalue weighted by molar-refractivity contribution is 7.88. The first kappa shape index (κ1) is 21.5. The molecule has 0 amide bonds. The molecule has 29 heavy (non-hydrogen) atoms. The molecule has 1 fully saturated rings. The van der Waals surface area contributed by atoms with E-state index >= 15 is 0 Å². The molecule has 0 bridgehead atoms. The van der Waals surface area contributed by atoms with Crippen molar-refractivity contribution in [2.75, 3.05) is 24.7 Å². The standard InChI is InChI=1S/C15H17F3N4O5S2/c1-28(23,24)22-6-3-11(4-7-22)21-13-8-12-10(9-20-13)2-5-19-14(12)27-29(25,26)15(16,17)18/h2,5,8-9,11H,3-4,6-7H2,1H3,(H,20,21). The van der Waals surface area contributed by atoms with Gasteiger partial charge in [-0.25, -0.2) is 22.7 Å². The molecule has 1 saturated heterocycles. The maximum Gasteiger partial charge on any atom is 0.534 e. The molecule has 3 rings (SSSR count). The second-order valence-corrected chi connectivity index (χ2v) is 9.99. The van der Waals surface area contributed by atoms with Gasteiger partial charge in [-0.2, -0.15) is 21.6 Å². The number of alkyl halides is 3. The molecule has 9 nitrogen and oxygen atoms in total. The fraction of sp³-hybridized carbons (Fsp3) is 0.467. The van der Waals surface area contributed by atoms with E-state index in [2.05, 4.69) is 19.5 Å². The number of aromatic nitrogens is 2. The second kappa shape index (κ2) is 7.57. The maximum absolute atomic E-state index is 12.6. The van der Waals surface area contributed by atoms with Gasteiger partial charge in [-0.3, -0.25) is 0 Å². The number of nitrogens with one attached hydrogen (secondary N) is 1. The third-order valence-corrected chi connectivity index (χ3v) is 6.61. The number of fused-ring (bicyclic) bond motifs is 1. The topological polar surface area (TPSA) is 119 Å². The monoisotopic (exact) mass is 454 g/mol. The SMILES string of the molecule is CS(=O)(=O)N1CCC(Nc2cc3c(OS(=O)(=O)C(F)(F)F)nccc3cn2)CC1. The first-order valence-electron chi connectivity index (χ1n) is 8.34. The van der Waals surface area contributed by atoms with Crippen LogP contribution in [0.5, 0.6) is 5.88 Å². The zero-order valence-corrected chi connectivity index (χ0v) is 16.7. The van der Waals surface area contributed by atoms with E-state index in [1.165, 1.54) is 22.6 Å². The number of halogens is 3. The van der Waals surface area contributed by atoms with E-state index in [0.29, 0.717) is 31.3 Å². The van der Waals surface area contributed by atoms with Crippen molar-refractivity contribution in [2.24, 2.45) is 0 Å². The number of hydrogen-bond donors (Lipinski definition) is 1. The van der Waals surface area contributed by atoms with Crippen LogP contribution in [0.15, 0.2) is 24.5 Å². The molecule has 2 aromatic rings. The normalized spacial score (nSPS) is 17.4. The van der Waals surface area contributed by atoms with Crippen LogP contribution in [0, 0.1) is 0 Å². The first-order chi connectivity index (χ1) is 13.4. The molecule has 0 radical (unpaired) electrons. The number of rotatable bonds is 5. The summed E-state index contributed by atoms with van der Waals surface area (Å²) in [5, 5.41) is 3.45. The van der Waals surface area contributed by atoms with Crippen LogP contribution in [0.1, 0.15) is 12.8 Å². The van der Waals surface area contributed by atoms with Gasteiger partial charge >= 0.3 is 15.6 Å². The summed E-state index contributed by atoms with van der Waals surface area (Å²) in [4.78, 5) is 7.76. The molecule has 0 spiro atoms. The Hall–Kier alpha value is -2.19. The molecule has 3 heterocycles. The number of sulfonamides is 1. The minimum atomic E-state index is -5.87. The van der Waals surface area contributed by atoms with Crippen LogP contribution in [0.25, 0.3) is 10.8 Å². The van der Waals surface area contributed by atoms with E-state index in [0.717, 1.165) is 12.5 Å². The Balaban J connectivity index is 1.81. The van der Waals surface area contributed by atoms with E-state index < -0.39 is 31.5 Å². The summed E-state index contributed by atoms with van der Waals surface area (Å²) >= 11 is 0. The lowest BCUT2D eigenvalue weighted by molar-refractivity contribution is -0.0500. The minimum absolute atomic E-state index is 0.0337. The van der Waals surface area contributed by atoms with Crippen molar-refractivity contribution in [3.63, 3.8) is 0 Å². The van der Waals surface area contributed by atoms with Crippen molar-refractivity contribution >= 4 is 36.7 Å². The van der Waals surface area contributed by atoms with Crippen molar-refractivity contribution in [3.05, 3.63) is 24.5 Å².